The number of ether oxygens (including phenoxy) is 2. The highest BCUT2D eigenvalue weighted by atomic mass is 35.5. The zero-order chi connectivity index (χ0) is 32.5. The number of carbonyl (C=O) groups is 1. The first-order valence-corrected chi connectivity index (χ1v) is 16.0. The fourth-order valence-electron chi connectivity index (χ4n) is 5.61. The quantitative estimate of drug-likeness (QED) is 0.0940. The van der Waals surface area contributed by atoms with Crippen LogP contribution in [-0.4, -0.2) is 35.7 Å². The molecule has 5 aromatic rings. The average Bonchev–Trinajstić information content (AvgIpc) is 3.50. The number of halogens is 1. The van der Waals surface area contributed by atoms with Crippen molar-refractivity contribution in [1.29, 1.82) is 0 Å². The molecule has 1 aliphatic rings. The van der Waals surface area contributed by atoms with Gasteiger partial charge in [0, 0.05) is 36.6 Å². The normalized spacial score (nSPS) is 17.1. The molecule has 7 nitrogen and oxygen atoms in total. The Hall–Kier alpha value is -4.95. The Kier molecular flexibility index (Phi) is 10.3. The summed E-state index contributed by atoms with van der Waals surface area (Å²) in [4.78, 5) is 19.6. The molecule has 0 aromatic heterocycles. The summed E-state index contributed by atoms with van der Waals surface area (Å²) in [6.07, 6.45) is 0.130. The van der Waals surface area contributed by atoms with E-state index in [1.807, 2.05) is 109 Å². The number of amides is 1. The number of nitrogens with zero attached hydrogens (tertiary/aromatic N) is 1. The van der Waals surface area contributed by atoms with Crippen LogP contribution in [0, 0.1) is 0 Å². The van der Waals surface area contributed by atoms with Crippen LogP contribution in [0.1, 0.15) is 34.8 Å². The number of nitrogens with one attached hydrogen (secondary N) is 2. The molecule has 5 aromatic carbocycles. The minimum absolute atomic E-state index is 0.0660. The minimum atomic E-state index is -1.34. The third kappa shape index (κ3) is 7.72. The molecule has 238 valence electrons. The molecule has 0 aliphatic carbocycles. The van der Waals surface area contributed by atoms with Gasteiger partial charge in [-0.25, -0.2) is 10.4 Å². The molecule has 1 amide bonds. The molecule has 0 saturated heterocycles. The van der Waals surface area contributed by atoms with Crippen molar-refractivity contribution in [3.63, 3.8) is 0 Å². The number of hydrogen-bond acceptors (Lipinski definition) is 6. The maximum Gasteiger partial charge on any atom is 0.266 e. The standard InChI is InChI=1S/C39H36ClN3O4/c40-34-20-12-29(13-21-34)27-41-43-38(45)39(26-28-8-3-1-4-9-28)36(32-16-14-31(15-17-32)30-10-5-2-6-11-30)47-37(42-39)33-18-22-35(23-19-33)46-25-7-24-44/h1-6,8-23,36,41,44H,7,24-27H2,(H,43,45)/t36-,39-/m0/s1. The van der Waals surface area contributed by atoms with Gasteiger partial charge in [-0.05, 0) is 64.2 Å². The van der Waals surface area contributed by atoms with Gasteiger partial charge in [-0.2, -0.15) is 0 Å². The molecule has 1 aliphatic heterocycles. The first-order chi connectivity index (χ1) is 23.0. The smallest absolute Gasteiger partial charge is 0.266 e. The number of hydrogen-bond donors (Lipinski definition) is 3. The lowest BCUT2D eigenvalue weighted by molar-refractivity contribution is -0.130. The van der Waals surface area contributed by atoms with Gasteiger partial charge in [-0.1, -0.05) is 109 Å². The zero-order valence-electron chi connectivity index (χ0n) is 25.8. The van der Waals surface area contributed by atoms with Crippen LogP contribution in [0.4, 0.5) is 0 Å². The van der Waals surface area contributed by atoms with Crippen molar-refractivity contribution < 1.29 is 19.4 Å². The van der Waals surface area contributed by atoms with Crippen LogP contribution in [0.5, 0.6) is 5.75 Å². The maximum absolute atomic E-state index is 14.4. The van der Waals surface area contributed by atoms with Gasteiger partial charge in [0.15, 0.2) is 11.6 Å². The molecular weight excluding hydrogens is 610 g/mol. The van der Waals surface area contributed by atoms with Gasteiger partial charge in [-0.15, -0.1) is 0 Å². The zero-order valence-corrected chi connectivity index (χ0v) is 26.6. The van der Waals surface area contributed by atoms with E-state index in [0.29, 0.717) is 42.7 Å². The molecule has 6 rings (SSSR count). The van der Waals surface area contributed by atoms with Gasteiger partial charge in [0.2, 0.25) is 5.90 Å². The Balaban J connectivity index is 1.36. The number of rotatable bonds is 13. The number of aliphatic imine (C=N–C) groups is 1. The van der Waals surface area contributed by atoms with E-state index in [1.54, 1.807) is 0 Å². The Bertz CT molecular complexity index is 1780. The van der Waals surface area contributed by atoms with E-state index in [2.05, 4.69) is 35.1 Å². The Morgan fingerprint density at radius 1 is 0.787 bits per heavy atom. The van der Waals surface area contributed by atoms with E-state index in [4.69, 9.17) is 31.2 Å². The first-order valence-electron chi connectivity index (χ1n) is 15.6. The molecule has 2 atom stereocenters. The predicted octanol–water partition coefficient (Wildman–Crippen LogP) is 7.09. The lowest BCUT2D eigenvalue weighted by Crippen LogP contribution is -2.53. The molecule has 1 heterocycles. The van der Waals surface area contributed by atoms with Gasteiger partial charge >= 0.3 is 0 Å². The van der Waals surface area contributed by atoms with E-state index < -0.39 is 11.6 Å². The molecule has 0 bridgehead atoms. The molecule has 0 spiro atoms. The average molecular weight is 646 g/mol. The molecule has 3 N–H and O–H groups in total. The summed E-state index contributed by atoms with van der Waals surface area (Å²) in [6.45, 7) is 0.879. The number of aliphatic hydroxyl groups is 1. The molecule has 0 saturated carbocycles. The third-order valence-corrected chi connectivity index (χ3v) is 8.33. The number of hydrazine groups is 1. The fraction of sp³-hybridized carbons (Fsp3) is 0.179. The van der Waals surface area contributed by atoms with Crippen LogP contribution in [0.15, 0.2) is 138 Å². The van der Waals surface area contributed by atoms with E-state index in [1.165, 1.54) is 0 Å². The van der Waals surface area contributed by atoms with Gasteiger partial charge in [0.1, 0.15) is 5.75 Å². The van der Waals surface area contributed by atoms with Gasteiger partial charge < -0.3 is 14.6 Å². The highest BCUT2D eigenvalue weighted by molar-refractivity contribution is 6.30. The van der Waals surface area contributed by atoms with E-state index in [0.717, 1.165) is 33.4 Å². The SMILES string of the molecule is O=C(NNCc1ccc(Cl)cc1)[C@@]1(Cc2ccccc2)N=C(c2ccc(OCCCO)cc2)O[C@H]1c1ccc(-c2ccccc2)cc1. The second-order valence-corrected chi connectivity index (χ2v) is 11.8. The number of carbonyl (C=O) groups excluding carboxylic acids is 1. The molecule has 8 heteroatoms. The van der Waals surface area contributed by atoms with Crippen molar-refractivity contribution in [2.45, 2.75) is 31.0 Å². The van der Waals surface area contributed by atoms with Crippen molar-refractivity contribution in [3.8, 4) is 16.9 Å². The molecule has 0 fully saturated rings. The molecule has 0 unspecified atom stereocenters. The summed E-state index contributed by atoms with van der Waals surface area (Å²) in [5.74, 6) is 0.729. The van der Waals surface area contributed by atoms with Crippen LogP contribution in [0.2, 0.25) is 5.02 Å². The van der Waals surface area contributed by atoms with E-state index in [-0.39, 0.29) is 12.5 Å². The highest BCUT2D eigenvalue weighted by Crippen LogP contribution is 2.43. The Labute approximate surface area is 279 Å². The van der Waals surface area contributed by atoms with Crippen LogP contribution in [-0.2, 0) is 22.5 Å². The topological polar surface area (TPSA) is 92.2 Å². The van der Waals surface area contributed by atoms with Gasteiger partial charge in [-0.3, -0.25) is 10.2 Å². The van der Waals surface area contributed by atoms with Gasteiger partial charge in [0.25, 0.3) is 5.91 Å². The van der Waals surface area contributed by atoms with Crippen molar-refractivity contribution in [2.75, 3.05) is 13.2 Å². The van der Waals surface area contributed by atoms with E-state index >= 15 is 0 Å². The summed E-state index contributed by atoms with van der Waals surface area (Å²) in [7, 11) is 0. The Morgan fingerprint density at radius 3 is 2.11 bits per heavy atom. The lowest BCUT2D eigenvalue weighted by atomic mass is 9.82. The van der Waals surface area contributed by atoms with Crippen LogP contribution >= 0.6 is 11.6 Å². The first kappa shape index (κ1) is 32.0. The third-order valence-electron chi connectivity index (χ3n) is 8.07. The monoisotopic (exact) mass is 645 g/mol. The molecular formula is C39H36ClN3O4. The molecule has 0 radical (unpaired) electrons. The van der Waals surface area contributed by atoms with Crippen LogP contribution < -0.4 is 15.6 Å². The highest BCUT2D eigenvalue weighted by Gasteiger charge is 2.53. The largest absolute Gasteiger partial charge is 0.494 e. The fourth-order valence-corrected chi connectivity index (χ4v) is 5.73. The van der Waals surface area contributed by atoms with Crippen molar-refractivity contribution in [2.24, 2.45) is 4.99 Å². The van der Waals surface area contributed by atoms with Crippen molar-refractivity contribution >= 4 is 23.4 Å². The van der Waals surface area contributed by atoms with Crippen molar-refractivity contribution in [3.05, 3.63) is 161 Å². The van der Waals surface area contributed by atoms with Crippen molar-refractivity contribution in [1.82, 2.24) is 10.9 Å². The summed E-state index contributed by atoms with van der Waals surface area (Å²) in [6, 6.07) is 43.0. The lowest BCUT2D eigenvalue weighted by Gasteiger charge is -2.31. The summed E-state index contributed by atoms with van der Waals surface area (Å²) < 4.78 is 12.4. The minimum Gasteiger partial charge on any atom is -0.494 e. The number of aliphatic hydroxyl groups excluding tert-OH is 1. The summed E-state index contributed by atoms with van der Waals surface area (Å²) >= 11 is 6.06. The summed E-state index contributed by atoms with van der Waals surface area (Å²) in [5, 5.41) is 9.74. The maximum atomic E-state index is 14.4. The second kappa shape index (κ2) is 15.1. The Morgan fingerprint density at radius 2 is 1.43 bits per heavy atom. The summed E-state index contributed by atoms with van der Waals surface area (Å²) in [5.41, 5.74) is 10.3. The van der Waals surface area contributed by atoms with E-state index in [9.17, 15) is 4.79 Å². The van der Waals surface area contributed by atoms with Crippen LogP contribution in [0.3, 0.4) is 0 Å². The molecule has 47 heavy (non-hydrogen) atoms. The number of benzene rings is 5. The second-order valence-electron chi connectivity index (χ2n) is 11.4. The van der Waals surface area contributed by atoms with Gasteiger partial charge in [0.05, 0.1) is 6.61 Å². The predicted molar refractivity (Wildman–Crippen MR) is 185 cm³/mol. The van der Waals surface area contributed by atoms with Crippen LogP contribution in [0.25, 0.3) is 11.1 Å².